The van der Waals surface area contributed by atoms with Crippen LogP contribution in [0, 0.1) is 5.92 Å². The largest absolute Gasteiger partial charge is 0.349 e. The van der Waals surface area contributed by atoms with Crippen molar-refractivity contribution in [1.29, 1.82) is 0 Å². The van der Waals surface area contributed by atoms with Crippen LogP contribution in [0.3, 0.4) is 0 Å². The van der Waals surface area contributed by atoms with Gasteiger partial charge in [-0.05, 0) is 6.42 Å². The van der Waals surface area contributed by atoms with Crippen molar-refractivity contribution in [1.82, 2.24) is 0 Å². The lowest BCUT2D eigenvalue weighted by Gasteiger charge is -2.38. The highest BCUT2D eigenvalue weighted by Gasteiger charge is 2.40. The van der Waals surface area contributed by atoms with Gasteiger partial charge in [0, 0.05) is 31.0 Å². The standard InChI is InChI=1S/C19H31BrO2/c1-4-5-6-7-8-10-15-18(16-20)19(21-2,22-3)17-13-11-9-12-14-17/h9,11-14,18H,4-8,10,15-16H2,1-3H3. The predicted octanol–water partition coefficient (Wildman–Crippen LogP) is 5.89. The van der Waals surface area contributed by atoms with Crippen molar-refractivity contribution in [3.8, 4) is 0 Å². The fraction of sp³-hybridized carbons (Fsp3) is 0.684. The topological polar surface area (TPSA) is 18.5 Å². The van der Waals surface area contributed by atoms with Crippen LogP contribution in [0.25, 0.3) is 0 Å². The van der Waals surface area contributed by atoms with E-state index in [2.05, 4.69) is 35.0 Å². The van der Waals surface area contributed by atoms with E-state index in [9.17, 15) is 0 Å². The Hall–Kier alpha value is -0.380. The van der Waals surface area contributed by atoms with Gasteiger partial charge in [0.15, 0.2) is 5.79 Å². The molecule has 0 fully saturated rings. The number of hydrogen-bond donors (Lipinski definition) is 0. The minimum Gasteiger partial charge on any atom is -0.349 e. The van der Waals surface area contributed by atoms with Gasteiger partial charge in [-0.25, -0.2) is 0 Å². The molecule has 126 valence electrons. The SMILES string of the molecule is CCCCCCCCC(CBr)C(OC)(OC)c1ccccc1. The van der Waals surface area contributed by atoms with Crippen LogP contribution < -0.4 is 0 Å². The number of halogens is 1. The molecule has 0 aliphatic rings. The molecular formula is C19H31BrO2. The number of methoxy groups -OCH3 is 2. The Morgan fingerprint density at radius 3 is 2.09 bits per heavy atom. The molecule has 0 bridgehead atoms. The summed E-state index contributed by atoms with van der Waals surface area (Å²) in [6, 6.07) is 10.3. The second-order valence-electron chi connectivity index (χ2n) is 5.85. The molecule has 1 rings (SSSR count). The lowest BCUT2D eigenvalue weighted by atomic mass is 9.88. The maximum atomic E-state index is 5.87. The van der Waals surface area contributed by atoms with Crippen molar-refractivity contribution >= 4 is 15.9 Å². The molecule has 22 heavy (non-hydrogen) atoms. The number of ether oxygens (including phenoxy) is 2. The monoisotopic (exact) mass is 370 g/mol. The molecule has 0 radical (unpaired) electrons. The van der Waals surface area contributed by atoms with Gasteiger partial charge in [-0.2, -0.15) is 0 Å². The van der Waals surface area contributed by atoms with Crippen LogP contribution in [-0.4, -0.2) is 19.5 Å². The normalized spacial score (nSPS) is 13.3. The van der Waals surface area contributed by atoms with E-state index >= 15 is 0 Å². The Morgan fingerprint density at radius 1 is 0.955 bits per heavy atom. The summed E-state index contributed by atoms with van der Waals surface area (Å²) < 4.78 is 11.7. The highest BCUT2D eigenvalue weighted by molar-refractivity contribution is 9.09. The summed E-state index contributed by atoms with van der Waals surface area (Å²) in [6.45, 7) is 2.26. The molecule has 1 aromatic carbocycles. The second kappa shape index (κ2) is 11.2. The van der Waals surface area contributed by atoms with Crippen molar-refractivity contribution in [2.24, 2.45) is 5.92 Å². The van der Waals surface area contributed by atoms with Gasteiger partial charge in [-0.1, -0.05) is 91.7 Å². The van der Waals surface area contributed by atoms with Gasteiger partial charge in [0.25, 0.3) is 0 Å². The third-order valence-corrected chi connectivity index (χ3v) is 5.19. The van der Waals surface area contributed by atoms with E-state index in [1.165, 1.54) is 38.5 Å². The Labute approximate surface area is 144 Å². The maximum Gasteiger partial charge on any atom is 0.197 e. The molecule has 1 aromatic rings. The van der Waals surface area contributed by atoms with Crippen LogP contribution in [0.5, 0.6) is 0 Å². The Balaban J connectivity index is 2.67. The van der Waals surface area contributed by atoms with Gasteiger partial charge >= 0.3 is 0 Å². The number of unbranched alkanes of at least 4 members (excludes halogenated alkanes) is 5. The van der Waals surface area contributed by atoms with Gasteiger partial charge in [0.2, 0.25) is 0 Å². The summed E-state index contributed by atoms with van der Waals surface area (Å²) in [4.78, 5) is 0. The molecule has 0 amide bonds. The molecule has 0 heterocycles. The van der Waals surface area contributed by atoms with Gasteiger partial charge in [0.1, 0.15) is 0 Å². The molecule has 1 unspecified atom stereocenters. The molecule has 1 atom stereocenters. The second-order valence-corrected chi connectivity index (χ2v) is 6.50. The molecule has 0 saturated carbocycles. The van der Waals surface area contributed by atoms with Gasteiger partial charge in [0.05, 0.1) is 0 Å². The zero-order chi connectivity index (χ0) is 16.3. The van der Waals surface area contributed by atoms with Crippen molar-refractivity contribution < 1.29 is 9.47 Å². The summed E-state index contributed by atoms with van der Waals surface area (Å²) >= 11 is 3.66. The number of benzene rings is 1. The average Bonchev–Trinajstić information content (AvgIpc) is 2.58. The molecule has 0 spiro atoms. The molecule has 0 aliphatic carbocycles. The Kier molecular flexibility index (Phi) is 10.0. The summed E-state index contributed by atoms with van der Waals surface area (Å²) in [5, 5.41) is 0.874. The number of rotatable bonds is 12. The third kappa shape index (κ3) is 5.36. The zero-order valence-electron chi connectivity index (χ0n) is 14.3. The quantitative estimate of drug-likeness (QED) is 0.259. The van der Waals surface area contributed by atoms with Crippen LogP contribution in [-0.2, 0) is 15.3 Å². The van der Waals surface area contributed by atoms with Crippen LogP contribution in [0.2, 0.25) is 0 Å². The molecule has 0 saturated heterocycles. The first-order chi connectivity index (χ1) is 10.7. The van der Waals surface area contributed by atoms with Gasteiger partial charge in [-0.3, -0.25) is 0 Å². The highest BCUT2D eigenvalue weighted by Crippen LogP contribution is 2.38. The minimum absolute atomic E-state index is 0.302. The zero-order valence-corrected chi connectivity index (χ0v) is 15.9. The molecular weight excluding hydrogens is 340 g/mol. The Bertz CT molecular complexity index is 376. The first-order valence-electron chi connectivity index (χ1n) is 8.46. The fourth-order valence-electron chi connectivity index (χ4n) is 3.10. The van der Waals surface area contributed by atoms with Gasteiger partial charge in [-0.15, -0.1) is 0 Å². The van der Waals surface area contributed by atoms with E-state index in [-0.39, 0.29) is 0 Å². The summed E-state index contributed by atoms with van der Waals surface area (Å²) in [5.74, 6) is -0.357. The first-order valence-corrected chi connectivity index (χ1v) is 9.59. The van der Waals surface area contributed by atoms with Crippen LogP contribution in [0.15, 0.2) is 30.3 Å². The van der Waals surface area contributed by atoms with Crippen LogP contribution in [0.4, 0.5) is 0 Å². The molecule has 0 aromatic heterocycles. The summed E-state index contributed by atoms with van der Waals surface area (Å²) in [5.41, 5.74) is 1.09. The van der Waals surface area contributed by atoms with Gasteiger partial charge < -0.3 is 9.47 Å². The van der Waals surface area contributed by atoms with Crippen molar-refractivity contribution in [3.05, 3.63) is 35.9 Å². The molecule has 0 aliphatic heterocycles. The van der Waals surface area contributed by atoms with E-state index in [0.717, 1.165) is 17.3 Å². The van der Waals surface area contributed by atoms with Crippen LogP contribution >= 0.6 is 15.9 Å². The Morgan fingerprint density at radius 2 is 1.55 bits per heavy atom. The van der Waals surface area contributed by atoms with Crippen molar-refractivity contribution in [2.45, 2.75) is 57.7 Å². The molecule has 2 nitrogen and oxygen atoms in total. The lowest BCUT2D eigenvalue weighted by Crippen LogP contribution is -2.40. The molecule has 0 N–H and O–H groups in total. The van der Waals surface area contributed by atoms with Crippen molar-refractivity contribution in [3.63, 3.8) is 0 Å². The van der Waals surface area contributed by atoms with Crippen LogP contribution in [0.1, 0.15) is 57.4 Å². The van der Waals surface area contributed by atoms with E-state index in [0.29, 0.717) is 5.92 Å². The predicted molar refractivity (Wildman–Crippen MR) is 97.4 cm³/mol. The van der Waals surface area contributed by atoms with E-state index in [4.69, 9.17) is 9.47 Å². The first kappa shape index (κ1) is 19.7. The third-order valence-electron chi connectivity index (χ3n) is 4.41. The average molecular weight is 371 g/mol. The number of alkyl halides is 1. The summed E-state index contributed by atoms with van der Waals surface area (Å²) in [7, 11) is 3.49. The minimum atomic E-state index is -0.659. The fourth-order valence-corrected chi connectivity index (χ4v) is 3.85. The smallest absolute Gasteiger partial charge is 0.197 e. The van der Waals surface area contributed by atoms with Crippen molar-refractivity contribution in [2.75, 3.05) is 19.5 Å². The molecule has 3 heteroatoms. The number of hydrogen-bond acceptors (Lipinski definition) is 2. The van der Waals surface area contributed by atoms with E-state index < -0.39 is 5.79 Å². The lowest BCUT2D eigenvalue weighted by molar-refractivity contribution is -0.247. The van der Waals surface area contributed by atoms with E-state index in [1.807, 2.05) is 18.2 Å². The maximum absolute atomic E-state index is 5.87. The van der Waals surface area contributed by atoms with E-state index in [1.54, 1.807) is 14.2 Å². The summed E-state index contributed by atoms with van der Waals surface area (Å²) in [6.07, 6.45) is 8.96. The highest BCUT2D eigenvalue weighted by atomic mass is 79.9.